The largest absolute Gasteiger partial charge is 0.364 e. The predicted molar refractivity (Wildman–Crippen MR) is 90.7 cm³/mol. The molecule has 2 N–H and O–H groups in total. The molecule has 2 amide bonds. The van der Waals surface area contributed by atoms with Gasteiger partial charge in [-0.2, -0.15) is 0 Å². The molecular formula is C18H19N3O2. The molecule has 5 nitrogen and oxygen atoms in total. The Balaban J connectivity index is 1.78. The Labute approximate surface area is 135 Å². The topological polar surface area (TPSA) is 61.4 Å². The van der Waals surface area contributed by atoms with E-state index >= 15 is 0 Å². The van der Waals surface area contributed by atoms with Crippen LogP contribution >= 0.6 is 0 Å². The lowest BCUT2D eigenvalue weighted by molar-refractivity contribution is -0.115. The van der Waals surface area contributed by atoms with Crippen molar-refractivity contribution in [1.29, 1.82) is 0 Å². The monoisotopic (exact) mass is 309 g/mol. The lowest BCUT2D eigenvalue weighted by Gasteiger charge is -2.27. The van der Waals surface area contributed by atoms with Crippen LogP contribution in [0, 0.1) is 0 Å². The van der Waals surface area contributed by atoms with Crippen LogP contribution < -0.4 is 15.5 Å². The van der Waals surface area contributed by atoms with Gasteiger partial charge in [-0.1, -0.05) is 30.3 Å². The Hall–Kier alpha value is -2.82. The molecule has 0 spiro atoms. The van der Waals surface area contributed by atoms with E-state index in [9.17, 15) is 9.59 Å². The van der Waals surface area contributed by atoms with Crippen molar-refractivity contribution in [3.63, 3.8) is 0 Å². The van der Waals surface area contributed by atoms with Crippen molar-refractivity contribution in [3.8, 4) is 0 Å². The molecule has 1 aliphatic heterocycles. The minimum atomic E-state index is -0.161. The summed E-state index contributed by atoms with van der Waals surface area (Å²) in [5.74, 6) is -0.234. The number of amides is 2. The molecule has 0 bridgehead atoms. The SMILES string of the molecule is CC(NC(=O)c1ccc2c(c1)NC(=O)CN2C)c1ccccc1. The highest BCUT2D eigenvalue weighted by Crippen LogP contribution is 2.29. The fourth-order valence-electron chi connectivity index (χ4n) is 2.71. The maximum atomic E-state index is 12.4. The van der Waals surface area contributed by atoms with E-state index in [1.54, 1.807) is 12.1 Å². The van der Waals surface area contributed by atoms with Gasteiger partial charge in [0.15, 0.2) is 0 Å². The minimum absolute atomic E-state index is 0.0739. The molecule has 23 heavy (non-hydrogen) atoms. The zero-order chi connectivity index (χ0) is 16.4. The first-order chi connectivity index (χ1) is 11.0. The number of benzene rings is 2. The van der Waals surface area contributed by atoms with Gasteiger partial charge in [0.1, 0.15) is 0 Å². The lowest BCUT2D eigenvalue weighted by atomic mass is 10.1. The van der Waals surface area contributed by atoms with Gasteiger partial charge >= 0.3 is 0 Å². The van der Waals surface area contributed by atoms with Crippen molar-refractivity contribution in [1.82, 2.24) is 5.32 Å². The Morgan fingerprint density at radius 2 is 1.96 bits per heavy atom. The van der Waals surface area contributed by atoms with E-state index in [4.69, 9.17) is 0 Å². The summed E-state index contributed by atoms with van der Waals surface area (Å²) in [7, 11) is 1.86. The van der Waals surface area contributed by atoms with Gasteiger partial charge in [-0.05, 0) is 30.7 Å². The van der Waals surface area contributed by atoms with Gasteiger partial charge in [0.25, 0.3) is 5.91 Å². The standard InChI is InChI=1S/C18H19N3O2/c1-12(13-6-4-3-5-7-13)19-18(23)14-8-9-16-15(10-14)20-17(22)11-21(16)2/h3-10,12H,11H2,1-2H3,(H,19,23)(H,20,22). The number of carbonyl (C=O) groups excluding carboxylic acids is 2. The molecule has 2 aromatic carbocycles. The number of anilines is 2. The van der Waals surface area contributed by atoms with Crippen molar-refractivity contribution in [2.45, 2.75) is 13.0 Å². The maximum absolute atomic E-state index is 12.4. The third-order valence-electron chi connectivity index (χ3n) is 3.97. The van der Waals surface area contributed by atoms with Crippen LogP contribution in [0.1, 0.15) is 28.9 Å². The fraction of sp³-hybridized carbons (Fsp3) is 0.222. The zero-order valence-electron chi connectivity index (χ0n) is 13.2. The molecule has 0 fully saturated rings. The zero-order valence-corrected chi connectivity index (χ0v) is 13.2. The predicted octanol–water partition coefficient (Wildman–Crippen LogP) is 2.57. The molecule has 118 valence electrons. The number of nitrogens with one attached hydrogen (secondary N) is 2. The number of carbonyl (C=O) groups is 2. The van der Waals surface area contributed by atoms with Crippen LogP contribution in [0.25, 0.3) is 0 Å². The highest BCUT2D eigenvalue weighted by Gasteiger charge is 2.20. The third kappa shape index (κ3) is 3.18. The highest BCUT2D eigenvalue weighted by atomic mass is 16.2. The number of likely N-dealkylation sites (N-methyl/N-ethyl adjacent to an activating group) is 1. The van der Waals surface area contributed by atoms with Gasteiger partial charge < -0.3 is 15.5 Å². The van der Waals surface area contributed by atoms with E-state index in [-0.39, 0.29) is 17.9 Å². The first kappa shape index (κ1) is 15.1. The van der Waals surface area contributed by atoms with E-state index in [0.29, 0.717) is 17.8 Å². The van der Waals surface area contributed by atoms with Crippen LogP contribution in [0.3, 0.4) is 0 Å². The normalized spacial score (nSPS) is 14.7. The van der Waals surface area contributed by atoms with Crippen molar-refractivity contribution < 1.29 is 9.59 Å². The second-order valence-electron chi connectivity index (χ2n) is 5.74. The minimum Gasteiger partial charge on any atom is -0.364 e. The Morgan fingerprint density at radius 1 is 1.22 bits per heavy atom. The van der Waals surface area contributed by atoms with Crippen LogP contribution in [0.4, 0.5) is 11.4 Å². The van der Waals surface area contributed by atoms with E-state index in [0.717, 1.165) is 11.3 Å². The third-order valence-corrected chi connectivity index (χ3v) is 3.97. The molecule has 0 saturated carbocycles. The number of hydrogen-bond acceptors (Lipinski definition) is 3. The van der Waals surface area contributed by atoms with Gasteiger partial charge in [-0.15, -0.1) is 0 Å². The molecule has 0 aromatic heterocycles. The van der Waals surface area contributed by atoms with E-state index < -0.39 is 0 Å². The molecule has 1 aliphatic rings. The Bertz CT molecular complexity index is 743. The molecule has 1 unspecified atom stereocenters. The molecule has 3 rings (SSSR count). The first-order valence-corrected chi connectivity index (χ1v) is 7.55. The Kier molecular flexibility index (Phi) is 4.02. The second kappa shape index (κ2) is 6.12. The number of nitrogens with zero attached hydrogens (tertiary/aromatic N) is 1. The van der Waals surface area contributed by atoms with Crippen molar-refractivity contribution in [2.75, 3.05) is 23.8 Å². The van der Waals surface area contributed by atoms with Crippen molar-refractivity contribution >= 4 is 23.2 Å². The summed E-state index contributed by atoms with van der Waals surface area (Å²) in [5.41, 5.74) is 3.16. The summed E-state index contributed by atoms with van der Waals surface area (Å²) in [6.45, 7) is 2.27. The summed E-state index contributed by atoms with van der Waals surface area (Å²) >= 11 is 0. The second-order valence-corrected chi connectivity index (χ2v) is 5.74. The van der Waals surface area contributed by atoms with Crippen LogP contribution in [0.15, 0.2) is 48.5 Å². The highest BCUT2D eigenvalue weighted by molar-refractivity contribution is 6.03. The molecular weight excluding hydrogens is 290 g/mol. The molecule has 0 radical (unpaired) electrons. The molecule has 1 atom stereocenters. The summed E-state index contributed by atoms with van der Waals surface area (Å²) < 4.78 is 0. The van der Waals surface area contributed by atoms with E-state index in [1.165, 1.54) is 0 Å². The smallest absolute Gasteiger partial charge is 0.251 e. The van der Waals surface area contributed by atoms with Crippen LogP contribution in [-0.4, -0.2) is 25.4 Å². The van der Waals surface area contributed by atoms with Crippen LogP contribution in [0.2, 0.25) is 0 Å². The van der Waals surface area contributed by atoms with Gasteiger partial charge in [-0.3, -0.25) is 9.59 Å². The van der Waals surface area contributed by atoms with Gasteiger partial charge in [0, 0.05) is 12.6 Å². The lowest BCUT2D eigenvalue weighted by Crippen LogP contribution is -2.35. The van der Waals surface area contributed by atoms with Crippen LogP contribution in [-0.2, 0) is 4.79 Å². The Morgan fingerprint density at radius 3 is 2.70 bits per heavy atom. The summed E-state index contributed by atoms with van der Waals surface area (Å²) in [5, 5.41) is 5.79. The molecule has 0 saturated heterocycles. The summed E-state index contributed by atoms with van der Waals surface area (Å²) in [6, 6.07) is 15.1. The van der Waals surface area contributed by atoms with Gasteiger partial charge in [-0.25, -0.2) is 0 Å². The maximum Gasteiger partial charge on any atom is 0.251 e. The van der Waals surface area contributed by atoms with E-state index in [1.807, 2.05) is 55.3 Å². The molecule has 0 aliphatic carbocycles. The molecule has 5 heteroatoms. The van der Waals surface area contributed by atoms with Gasteiger partial charge in [0.2, 0.25) is 5.91 Å². The van der Waals surface area contributed by atoms with Crippen molar-refractivity contribution in [3.05, 3.63) is 59.7 Å². The van der Waals surface area contributed by atoms with Crippen LogP contribution in [0.5, 0.6) is 0 Å². The van der Waals surface area contributed by atoms with Crippen molar-refractivity contribution in [2.24, 2.45) is 0 Å². The molecule has 2 aromatic rings. The number of fused-ring (bicyclic) bond motifs is 1. The first-order valence-electron chi connectivity index (χ1n) is 7.55. The summed E-state index contributed by atoms with van der Waals surface area (Å²) in [6.07, 6.45) is 0. The van der Waals surface area contributed by atoms with E-state index in [2.05, 4.69) is 10.6 Å². The average molecular weight is 309 g/mol. The number of rotatable bonds is 3. The fourth-order valence-corrected chi connectivity index (χ4v) is 2.71. The average Bonchev–Trinajstić information content (AvgIpc) is 2.54. The summed E-state index contributed by atoms with van der Waals surface area (Å²) in [4.78, 5) is 25.9. The number of hydrogen-bond donors (Lipinski definition) is 2. The molecule has 1 heterocycles. The van der Waals surface area contributed by atoms with Gasteiger partial charge in [0.05, 0.1) is 24.0 Å². The quantitative estimate of drug-likeness (QED) is 0.916.